The van der Waals surface area contributed by atoms with Crippen LogP contribution in [0.3, 0.4) is 0 Å². The third-order valence-corrected chi connectivity index (χ3v) is 5.47. The number of carbonyl (C=O) groups excluding carboxylic acids is 1. The number of fused-ring (bicyclic) bond motifs is 5. The molecule has 1 N–H and O–H groups in total. The number of nitrogens with zero attached hydrogens (tertiary/aromatic N) is 4. The topological polar surface area (TPSA) is 76.2 Å². The van der Waals surface area contributed by atoms with Crippen molar-refractivity contribution < 1.29 is 13.7 Å². The Labute approximate surface area is 166 Å². The lowest BCUT2D eigenvalue weighted by Crippen LogP contribution is -2.38. The minimum absolute atomic E-state index is 0.225. The minimum Gasteiger partial charge on any atom is -0.354 e. The van der Waals surface area contributed by atoms with Gasteiger partial charge in [-0.3, -0.25) is 4.68 Å². The SMILES string of the molecule is C=C1Cc2cnoc2-c2c3c(nn2C1)CCN(C(=O)Nc1ccc(F)c(C)c1)C3. The van der Waals surface area contributed by atoms with Gasteiger partial charge in [-0.25, -0.2) is 9.18 Å². The molecule has 148 valence electrons. The molecule has 3 aromatic rings. The van der Waals surface area contributed by atoms with Gasteiger partial charge >= 0.3 is 6.03 Å². The monoisotopic (exact) mass is 393 g/mol. The Kier molecular flexibility index (Phi) is 4.01. The second-order valence-corrected chi connectivity index (χ2v) is 7.60. The molecule has 1 aromatic carbocycles. The number of carbonyl (C=O) groups is 1. The number of rotatable bonds is 1. The molecule has 0 spiro atoms. The second-order valence-electron chi connectivity index (χ2n) is 7.60. The van der Waals surface area contributed by atoms with Crippen LogP contribution in [-0.2, 0) is 25.9 Å². The zero-order valence-electron chi connectivity index (χ0n) is 16.0. The van der Waals surface area contributed by atoms with E-state index in [1.807, 2.05) is 4.68 Å². The zero-order chi connectivity index (χ0) is 20.1. The molecular formula is C21H20FN5O2. The fourth-order valence-corrected chi connectivity index (χ4v) is 4.01. The predicted molar refractivity (Wildman–Crippen MR) is 105 cm³/mol. The molecule has 0 saturated carbocycles. The van der Waals surface area contributed by atoms with Crippen LogP contribution in [0.25, 0.3) is 11.5 Å². The van der Waals surface area contributed by atoms with Gasteiger partial charge in [0.2, 0.25) is 0 Å². The summed E-state index contributed by atoms with van der Waals surface area (Å²) in [4.78, 5) is 14.6. The Morgan fingerprint density at radius 3 is 3.03 bits per heavy atom. The zero-order valence-corrected chi connectivity index (χ0v) is 16.0. The highest BCUT2D eigenvalue weighted by Crippen LogP contribution is 2.36. The van der Waals surface area contributed by atoms with Gasteiger partial charge in [-0.15, -0.1) is 0 Å². The Balaban J connectivity index is 1.44. The lowest BCUT2D eigenvalue weighted by atomic mass is 10.0. The molecule has 0 radical (unpaired) electrons. The first-order valence-electron chi connectivity index (χ1n) is 9.51. The third kappa shape index (κ3) is 3.00. The molecule has 0 saturated heterocycles. The van der Waals surface area contributed by atoms with Crippen molar-refractivity contribution >= 4 is 11.7 Å². The van der Waals surface area contributed by atoms with Crippen LogP contribution in [0, 0.1) is 12.7 Å². The summed E-state index contributed by atoms with van der Waals surface area (Å²) in [6, 6.07) is 4.32. The number of urea groups is 1. The van der Waals surface area contributed by atoms with Crippen molar-refractivity contribution in [1.29, 1.82) is 0 Å². The lowest BCUT2D eigenvalue weighted by molar-refractivity contribution is 0.206. The molecule has 2 amide bonds. The maximum absolute atomic E-state index is 13.5. The van der Waals surface area contributed by atoms with Gasteiger partial charge in [0.1, 0.15) is 11.5 Å². The number of aryl methyl sites for hydroxylation is 1. The molecule has 0 atom stereocenters. The van der Waals surface area contributed by atoms with Crippen molar-refractivity contribution in [2.45, 2.75) is 32.9 Å². The molecule has 0 bridgehead atoms. The van der Waals surface area contributed by atoms with Crippen molar-refractivity contribution in [3.05, 3.63) is 64.7 Å². The van der Waals surface area contributed by atoms with Gasteiger partial charge in [0.25, 0.3) is 0 Å². The van der Waals surface area contributed by atoms with E-state index >= 15 is 0 Å². The van der Waals surface area contributed by atoms with Gasteiger partial charge in [-0.1, -0.05) is 17.3 Å². The number of halogens is 1. The van der Waals surface area contributed by atoms with Crippen molar-refractivity contribution in [3.8, 4) is 11.5 Å². The number of anilines is 1. The first kappa shape index (κ1) is 17.7. The van der Waals surface area contributed by atoms with E-state index in [4.69, 9.17) is 9.62 Å². The van der Waals surface area contributed by atoms with Gasteiger partial charge < -0.3 is 14.7 Å². The van der Waals surface area contributed by atoms with Gasteiger partial charge in [-0.05, 0) is 30.7 Å². The summed E-state index contributed by atoms with van der Waals surface area (Å²) < 4.78 is 20.9. The molecule has 2 aromatic heterocycles. The quantitative estimate of drug-likeness (QED) is 0.640. The lowest BCUT2D eigenvalue weighted by Gasteiger charge is -2.27. The first-order valence-corrected chi connectivity index (χ1v) is 9.51. The summed E-state index contributed by atoms with van der Waals surface area (Å²) in [5.41, 5.74) is 5.91. The fraction of sp³-hybridized carbons (Fsp3) is 0.286. The molecule has 2 aliphatic heterocycles. The molecule has 29 heavy (non-hydrogen) atoms. The van der Waals surface area contributed by atoms with Gasteiger partial charge in [0.15, 0.2) is 5.76 Å². The molecule has 0 unspecified atom stereocenters. The van der Waals surface area contributed by atoms with E-state index in [-0.39, 0.29) is 11.8 Å². The van der Waals surface area contributed by atoms with Crippen LogP contribution >= 0.6 is 0 Å². The van der Waals surface area contributed by atoms with Crippen LogP contribution in [0.15, 0.2) is 41.1 Å². The molecular weight excluding hydrogens is 373 g/mol. The summed E-state index contributed by atoms with van der Waals surface area (Å²) in [5, 5.41) is 11.6. The van der Waals surface area contributed by atoms with Gasteiger partial charge in [-0.2, -0.15) is 5.10 Å². The normalized spacial score (nSPS) is 15.4. The summed E-state index contributed by atoms with van der Waals surface area (Å²) in [6.45, 7) is 7.39. The maximum Gasteiger partial charge on any atom is 0.322 e. The van der Waals surface area contributed by atoms with Crippen molar-refractivity contribution in [1.82, 2.24) is 19.8 Å². The van der Waals surface area contributed by atoms with Crippen molar-refractivity contribution in [2.24, 2.45) is 0 Å². The first-order chi connectivity index (χ1) is 14.0. The number of hydrogen-bond acceptors (Lipinski definition) is 4. The van der Waals surface area contributed by atoms with E-state index in [0.29, 0.717) is 49.5 Å². The Hall–Kier alpha value is -3.42. The highest BCUT2D eigenvalue weighted by molar-refractivity contribution is 5.89. The van der Waals surface area contributed by atoms with Crippen LogP contribution in [0.1, 0.15) is 22.4 Å². The standard InChI is InChI=1S/C21H20FN5O2/c1-12-7-14-9-23-29-20(14)19-16-11-26(6-5-18(16)25-27(19)10-12)21(28)24-15-3-4-17(22)13(2)8-15/h3-4,8-9H,1,5-7,10-11H2,2H3,(H,24,28). The van der Waals surface area contributed by atoms with E-state index in [0.717, 1.165) is 28.1 Å². The summed E-state index contributed by atoms with van der Waals surface area (Å²) in [5.74, 6) is 0.409. The second kappa shape index (κ2) is 6.58. The predicted octanol–water partition coefficient (Wildman–Crippen LogP) is 3.69. The number of nitrogens with one attached hydrogen (secondary N) is 1. The fourth-order valence-electron chi connectivity index (χ4n) is 4.01. The van der Waals surface area contributed by atoms with Crippen LogP contribution in [0.4, 0.5) is 14.9 Å². The molecule has 0 fully saturated rings. The third-order valence-electron chi connectivity index (χ3n) is 5.47. The van der Waals surface area contributed by atoms with Crippen LogP contribution in [0.5, 0.6) is 0 Å². The highest BCUT2D eigenvalue weighted by Gasteiger charge is 2.32. The van der Waals surface area contributed by atoms with Crippen LogP contribution < -0.4 is 5.32 Å². The average molecular weight is 393 g/mol. The minimum atomic E-state index is -0.294. The number of benzene rings is 1. The molecule has 8 heteroatoms. The highest BCUT2D eigenvalue weighted by atomic mass is 19.1. The summed E-state index contributed by atoms with van der Waals surface area (Å²) in [7, 11) is 0. The van der Waals surface area contributed by atoms with Crippen molar-refractivity contribution in [2.75, 3.05) is 11.9 Å². The summed E-state index contributed by atoms with van der Waals surface area (Å²) >= 11 is 0. The van der Waals surface area contributed by atoms with E-state index in [2.05, 4.69) is 17.1 Å². The maximum atomic E-state index is 13.5. The summed E-state index contributed by atoms with van der Waals surface area (Å²) in [6.07, 6.45) is 3.08. The van der Waals surface area contributed by atoms with Crippen LogP contribution in [0.2, 0.25) is 0 Å². The van der Waals surface area contributed by atoms with Gasteiger partial charge in [0, 0.05) is 36.2 Å². The molecule has 0 aliphatic carbocycles. The number of hydrogen-bond donors (Lipinski definition) is 1. The Morgan fingerprint density at radius 1 is 1.34 bits per heavy atom. The Morgan fingerprint density at radius 2 is 2.21 bits per heavy atom. The molecule has 5 rings (SSSR count). The largest absolute Gasteiger partial charge is 0.354 e. The van der Waals surface area contributed by atoms with Crippen LogP contribution in [-0.4, -0.2) is 32.4 Å². The van der Waals surface area contributed by atoms with E-state index in [1.165, 1.54) is 6.07 Å². The Bertz CT molecular complexity index is 1150. The molecule has 2 aliphatic rings. The number of aromatic nitrogens is 3. The van der Waals surface area contributed by atoms with E-state index in [1.54, 1.807) is 30.2 Å². The van der Waals surface area contributed by atoms with E-state index < -0.39 is 0 Å². The number of allylic oxidation sites excluding steroid dienone is 1. The number of amides is 2. The molecule has 7 nitrogen and oxygen atoms in total. The van der Waals surface area contributed by atoms with Crippen molar-refractivity contribution in [3.63, 3.8) is 0 Å². The van der Waals surface area contributed by atoms with Gasteiger partial charge in [0.05, 0.1) is 25.0 Å². The average Bonchev–Trinajstić information content (AvgIpc) is 3.24. The smallest absolute Gasteiger partial charge is 0.322 e. The molecule has 4 heterocycles. The van der Waals surface area contributed by atoms with E-state index in [9.17, 15) is 9.18 Å².